The molecular formula is C52H31N5O. The zero-order valence-electron chi connectivity index (χ0n) is 31.0. The molecule has 6 nitrogen and oxygen atoms in total. The molecule has 0 spiro atoms. The molecule has 0 aliphatic rings. The fourth-order valence-electron chi connectivity index (χ4n) is 9.37. The fourth-order valence-corrected chi connectivity index (χ4v) is 9.37. The van der Waals surface area contributed by atoms with Crippen LogP contribution in [0.2, 0.25) is 0 Å². The van der Waals surface area contributed by atoms with E-state index in [1.807, 2.05) is 24.4 Å². The average molecular weight is 742 g/mol. The van der Waals surface area contributed by atoms with E-state index in [4.69, 9.17) is 14.4 Å². The van der Waals surface area contributed by atoms with Crippen molar-refractivity contribution in [3.8, 4) is 28.5 Å². The third kappa shape index (κ3) is 4.37. The molecule has 0 N–H and O–H groups in total. The molecule has 13 rings (SSSR count). The third-order valence-corrected chi connectivity index (χ3v) is 11.9. The zero-order chi connectivity index (χ0) is 37.9. The zero-order valence-corrected chi connectivity index (χ0v) is 31.0. The van der Waals surface area contributed by atoms with Crippen molar-refractivity contribution in [2.24, 2.45) is 0 Å². The smallest absolute Gasteiger partial charge is 0.146 e. The topological polar surface area (TPSA) is 53.7 Å². The van der Waals surface area contributed by atoms with Crippen molar-refractivity contribution in [3.63, 3.8) is 0 Å². The molecule has 6 heterocycles. The normalized spacial score (nSPS) is 12.1. The number of rotatable bonds is 4. The highest BCUT2D eigenvalue weighted by Gasteiger charge is 2.20. The molecule has 0 saturated heterocycles. The van der Waals surface area contributed by atoms with Crippen LogP contribution in [-0.4, -0.2) is 23.7 Å². The van der Waals surface area contributed by atoms with Crippen LogP contribution in [0.15, 0.2) is 193 Å². The number of para-hydroxylation sites is 4. The van der Waals surface area contributed by atoms with Gasteiger partial charge < -0.3 is 8.98 Å². The minimum atomic E-state index is 0.809. The lowest BCUT2D eigenvalue weighted by Crippen LogP contribution is -2.03. The van der Waals surface area contributed by atoms with Gasteiger partial charge in [0.1, 0.15) is 28.4 Å². The largest absolute Gasteiger partial charge is 0.456 e. The Kier molecular flexibility index (Phi) is 6.35. The Morgan fingerprint density at radius 1 is 0.345 bits per heavy atom. The molecule has 0 atom stereocenters. The Morgan fingerprint density at radius 3 is 1.66 bits per heavy atom. The summed E-state index contributed by atoms with van der Waals surface area (Å²) in [6, 6.07) is 64.6. The van der Waals surface area contributed by atoms with Gasteiger partial charge in [0.2, 0.25) is 0 Å². The lowest BCUT2D eigenvalue weighted by atomic mass is 10.0. The summed E-state index contributed by atoms with van der Waals surface area (Å²) in [6.45, 7) is 0. The van der Waals surface area contributed by atoms with Gasteiger partial charge in [-0.2, -0.15) is 0 Å². The van der Waals surface area contributed by atoms with Gasteiger partial charge in [0.15, 0.2) is 0 Å². The third-order valence-electron chi connectivity index (χ3n) is 11.9. The van der Waals surface area contributed by atoms with E-state index in [1.54, 1.807) is 0 Å². The Bertz CT molecular complexity index is 3770. The van der Waals surface area contributed by atoms with Crippen molar-refractivity contribution in [1.29, 1.82) is 0 Å². The first-order valence-electron chi connectivity index (χ1n) is 19.6. The maximum Gasteiger partial charge on any atom is 0.146 e. The molecular weight excluding hydrogens is 711 g/mol. The van der Waals surface area contributed by atoms with E-state index in [0.29, 0.717) is 0 Å². The lowest BCUT2D eigenvalue weighted by molar-refractivity contribution is 0.669. The summed E-state index contributed by atoms with van der Waals surface area (Å²) < 4.78 is 13.0. The molecule has 0 aliphatic carbocycles. The van der Waals surface area contributed by atoms with Crippen LogP contribution in [0, 0.1) is 0 Å². The quantitative estimate of drug-likeness (QED) is 0.180. The van der Waals surface area contributed by atoms with Gasteiger partial charge in [-0.05, 0) is 102 Å². The summed E-state index contributed by atoms with van der Waals surface area (Å²) in [5.74, 6) is 1.65. The van der Waals surface area contributed by atoms with E-state index in [9.17, 15) is 0 Å². The van der Waals surface area contributed by atoms with Crippen LogP contribution in [-0.2, 0) is 0 Å². The van der Waals surface area contributed by atoms with Gasteiger partial charge in [0, 0.05) is 55.0 Å². The highest BCUT2D eigenvalue weighted by atomic mass is 16.3. The second-order valence-electron chi connectivity index (χ2n) is 15.0. The summed E-state index contributed by atoms with van der Waals surface area (Å²) in [7, 11) is 0. The standard InChI is InChI=1S/C52H31N5O/c1-5-16-43-35(11-1)36-12-2-6-17-44(36)55(43)34-24-26-47-41(31-34)39-15-10-28-53-52(39)57(47)51-21-9-20-50(54-51)56-45-18-7-3-13-37(45)40-29-32(22-25-46(40)56)33-23-27-49-42(30-33)38-14-4-8-19-48(38)58-49/h1-31H. The molecule has 0 saturated carbocycles. The summed E-state index contributed by atoms with van der Waals surface area (Å²) in [4.78, 5) is 10.4. The van der Waals surface area contributed by atoms with Gasteiger partial charge in [0.05, 0.1) is 27.6 Å². The molecule has 0 unspecified atom stereocenters. The van der Waals surface area contributed by atoms with Gasteiger partial charge in [0.25, 0.3) is 0 Å². The molecule has 0 bridgehead atoms. The van der Waals surface area contributed by atoms with Crippen LogP contribution in [0.4, 0.5) is 0 Å². The molecule has 270 valence electrons. The highest BCUT2D eigenvalue weighted by molar-refractivity contribution is 6.13. The van der Waals surface area contributed by atoms with Crippen molar-refractivity contribution < 1.29 is 4.42 Å². The van der Waals surface area contributed by atoms with Crippen LogP contribution < -0.4 is 0 Å². The van der Waals surface area contributed by atoms with E-state index in [1.165, 1.54) is 32.6 Å². The number of furan rings is 1. The molecule has 7 aromatic carbocycles. The summed E-state index contributed by atoms with van der Waals surface area (Å²) >= 11 is 0. The first kappa shape index (κ1) is 31.3. The van der Waals surface area contributed by atoms with Crippen molar-refractivity contribution in [2.45, 2.75) is 0 Å². The maximum atomic E-state index is 6.14. The minimum absolute atomic E-state index is 0.809. The molecule has 0 aliphatic heterocycles. The predicted molar refractivity (Wildman–Crippen MR) is 238 cm³/mol. The van der Waals surface area contributed by atoms with Gasteiger partial charge in [-0.25, -0.2) is 9.97 Å². The van der Waals surface area contributed by atoms with Crippen molar-refractivity contribution in [2.75, 3.05) is 0 Å². The van der Waals surface area contributed by atoms with Crippen LogP contribution >= 0.6 is 0 Å². The molecule has 13 aromatic rings. The summed E-state index contributed by atoms with van der Waals surface area (Å²) in [5.41, 5.74) is 11.7. The van der Waals surface area contributed by atoms with Crippen molar-refractivity contribution in [3.05, 3.63) is 188 Å². The second kappa shape index (κ2) is 11.8. The Labute approximate surface area is 331 Å². The van der Waals surface area contributed by atoms with E-state index in [0.717, 1.165) is 83.4 Å². The van der Waals surface area contributed by atoms with Crippen LogP contribution in [0.25, 0.3) is 116 Å². The number of benzene rings is 7. The monoisotopic (exact) mass is 741 g/mol. The first-order valence-corrected chi connectivity index (χ1v) is 19.6. The molecule has 58 heavy (non-hydrogen) atoms. The Hall–Kier alpha value is -7.96. The predicted octanol–water partition coefficient (Wildman–Crippen LogP) is 13.3. The van der Waals surface area contributed by atoms with Gasteiger partial charge in [-0.1, -0.05) is 91.0 Å². The Balaban J connectivity index is 0.975. The first-order chi connectivity index (χ1) is 28.8. The van der Waals surface area contributed by atoms with E-state index in [-0.39, 0.29) is 0 Å². The molecule has 6 heteroatoms. The fraction of sp³-hybridized carbons (Fsp3) is 0. The van der Waals surface area contributed by atoms with Crippen LogP contribution in [0.5, 0.6) is 0 Å². The maximum absolute atomic E-state index is 6.14. The Morgan fingerprint density at radius 2 is 0.879 bits per heavy atom. The van der Waals surface area contributed by atoms with E-state index < -0.39 is 0 Å². The van der Waals surface area contributed by atoms with Gasteiger partial charge in [-0.3, -0.25) is 9.13 Å². The number of hydrogen-bond donors (Lipinski definition) is 0. The summed E-state index contributed by atoms with van der Waals surface area (Å²) in [6.07, 6.45) is 1.87. The van der Waals surface area contributed by atoms with Crippen LogP contribution in [0.1, 0.15) is 0 Å². The second-order valence-corrected chi connectivity index (χ2v) is 15.0. The average Bonchev–Trinajstić information content (AvgIpc) is 4.02. The molecule has 0 radical (unpaired) electrons. The van der Waals surface area contributed by atoms with Crippen molar-refractivity contribution in [1.82, 2.24) is 23.7 Å². The number of fused-ring (bicyclic) bond motifs is 12. The SMILES string of the molecule is c1cc(-n2c3ccccc3c3cc(-c4ccc5oc6ccccc6c5c4)ccc32)nc(-n2c3ccc(-n4c5ccccc5c5ccccc54)cc3c3cccnc32)c1. The van der Waals surface area contributed by atoms with E-state index in [2.05, 4.69) is 177 Å². The number of nitrogens with zero attached hydrogens (tertiary/aromatic N) is 5. The number of pyridine rings is 2. The lowest BCUT2D eigenvalue weighted by Gasteiger charge is -2.12. The molecule has 6 aromatic heterocycles. The summed E-state index contributed by atoms with van der Waals surface area (Å²) in [5, 5.41) is 9.30. The van der Waals surface area contributed by atoms with Crippen LogP contribution in [0.3, 0.4) is 0 Å². The van der Waals surface area contributed by atoms with Gasteiger partial charge >= 0.3 is 0 Å². The molecule has 0 fully saturated rings. The minimum Gasteiger partial charge on any atom is -0.456 e. The van der Waals surface area contributed by atoms with Gasteiger partial charge in [-0.15, -0.1) is 0 Å². The molecule has 0 amide bonds. The van der Waals surface area contributed by atoms with E-state index >= 15 is 0 Å². The number of aromatic nitrogens is 5. The van der Waals surface area contributed by atoms with Crippen molar-refractivity contribution >= 4 is 87.5 Å². The highest BCUT2D eigenvalue weighted by Crippen LogP contribution is 2.39. The number of hydrogen-bond acceptors (Lipinski definition) is 3.